The van der Waals surface area contributed by atoms with Crippen LogP contribution in [0.1, 0.15) is 0 Å². The van der Waals surface area contributed by atoms with Gasteiger partial charge in [0.15, 0.2) is 0 Å². The number of aliphatic hydroxyl groups is 1. The first-order valence-electron chi connectivity index (χ1n) is 2.18. The number of alkyl halides is 1. The van der Waals surface area contributed by atoms with E-state index in [0.29, 0.717) is 0 Å². The fourth-order valence-corrected chi connectivity index (χ4v) is 0.405. The van der Waals surface area contributed by atoms with Crippen molar-refractivity contribution >= 4 is 30.0 Å². The van der Waals surface area contributed by atoms with Crippen LogP contribution in [-0.4, -0.2) is 22.1 Å². The zero-order valence-corrected chi connectivity index (χ0v) is 6.72. The first kappa shape index (κ1) is 12.8. The van der Waals surface area contributed by atoms with E-state index in [2.05, 4.69) is 5.18 Å². The Balaban J connectivity index is 0. The summed E-state index contributed by atoms with van der Waals surface area (Å²) in [6.07, 6.45) is 0. The molecule has 0 aliphatic rings. The van der Waals surface area contributed by atoms with Crippen LogP contribution in [0.15, 0.2) is 16.6 Å². The topological polar surface area (TPSA) is 87.0 Å². The molecule has 0 aromatic heterocycles. The van der Waals surface area contributed by atoms with E-state index >= 15 is 0 Å². The van der Waals surface area contributed by atoms with Crippen LogP contribution < -0.4 is 0 Å². The first-order valence-corrected chi connectivity index (χ1v) is 2.71. The summed E-state index contributed by atoms with van der Waals surface area (Å²) in [7, 11) is 0. The summed E-state index contributed by atoms with van der Waals surface area (Å²) in [5.41, 5.74) is -0.949. The van der Waals surface area contributed by atoms with E-state index in [0.717, 1.165) is 0 Å². The van der Waals surface area contributed by atoms with Gasteiger partial charge in [0.2, 0.25) is 5.70 Å². The maximum Gasteiger partial charge on any atom is 0.361 e. The van der Waals surface area contributed by atoms with Crippen LogP contribution in [0.25, 0.3) is 0 Å². The molecule has 64 valence electrons. The second-order valence-electron chi connectivity index (χ2n) is 1.33. The van der Waals surface area contributed by atoms with Gasteiger partial charge in [-0.1, -0.05) is 0 Å². The van der Waals surface area contributed by atoms with E-state index < -0.39 is 23.3 Å². The number of aliphatic carboxylic acids is 1. The molecule has 11 heavy (non-hydrogen) atoms. The zero-order valence-electron chi connectivity index (χ0n) is 5.15. The van der Waals surface area contributed by atoms with Gasteiger partial charge in [-0.15, -0.1) is 28.9 Å². The van der Waals surface area contributed by atoms with Gasteiger partial charge in [0.05, 0.1) is 5.88 Å². The van der Waals surface area contributed by atoms with Crippen molar-refractivity contribution in [3.63, 3.8) is 0 Å². The first-order chi connectivity index (χ1) is 4.63. The van der Waals surface area contributed by atoms with Gasteiger partial charge in [-0.25, -0.2) is 4.79 Å². The molecule has 0 fully saturated rings. The van der Waals surface area contributed by atoms with Crippen molar-refractivity contribution in [1.82, 2.24) is 0 Å². The van der Waals surface area contributed by atoms with E-state index in [-0.39, 0.29) is 12.4 Å². The second kappa shape index (κ2) is 5.94. The third kappa shape index (κ3) is 3.79. The van der Waals surface area contributed by atoms with Crippen LogP contribution in [-0.2, 0) is 4.79 Å². The monoisotopic (exact) mass is 201 g/mol. The lowest BCUT2D eigenvalue weighted by Crippen LogP contribution is -2.02. The van der Waals surface area contributed by atoms with Gasteiger partial charge in [0.25, 0.3) is 0 Å². The average molecular weight is 202 g/mol. The fourth-order valence-electron chi connectivity index (χ4n) is 0.278. The Hall–Kier alpha value is -0.810. The number of carboxylic acids is 1. The molecule has 0 aromatic carbocycles. The van der Waals surface area contributed by atoms with Crippen molar-refractivity contribution < 1.29 is 15.0 Å². The van der Waals surface area contributed by atoms with Crippen molar-refractivity contribution in [2.75, 3.05) is 5.88 Å². The van der Waals surface area contributed by atoms with Gasteiger partial charge in [-0.2, -0.15) is 0 Å². The highest BCUT2D eigenvalue weighted by atomic mass is 35.5. The zero-order chi connectivity index (χ0) is 8.15. The van der Waals surface area contributed by atoms with E-state index in [1.54, 1.807) is 0 Å². The van der Waals surface area contributed by atoms with Crippen LogP contribution in [0, 0.1) is 4.91 Å². The summed E-state index contributed by atoms with van der Waals surface area (Å²) in [5, 5.41) is 18.7. The van der Waals surface area contributed by atoms with Crippen molar-refractivity contribution in [3.8, 4) is 0 Å². The number of aliphatic hydroxyl groups excluding tert-OH is 1. The van der Waals surface area contributed by atoms with Gasteiger partial charge in [0.1, 0.15) is 5.76 Å². The quantitative estimate of drug-likeness (QED) is 0.312. The molecule has 0 spiro atoms. The number of allylic oxidation sites excluding steroid dienone is 1. The minimum Gasteiger partial charge on any atom is -0.508 e. The Morgan fingerprint density at radius 3 is 2.00 bits per heavy atom. The molecular formula is C4H5Cl2NO4. The maximum atomic E-state index is 9.96. The van der Waals surface area contributed by atoms with Crippen LogP contribution in [0.2, 0.25) is 0 Å². The van der Waals surface area contributed by atoms with E-state index in [1.165, 1.54) is 0 Å². The highest BCUT2D eigenvalue weighted by Gasteiger charge is 2.13. The maximum absolute atomic E-state index is 9.96. The Labute approximate surface area is 73.0 Å². The van der Waals surface area contributed by atoms with Crippen LogP contribution in [0.5, 0.6) is 0 Å². The van der Waals surface area contributed by atoms with Gasteiger partial charge in [0, 0.05) is 0 Å². The molecular weight excluding hydrogens is 197 g/mol. The highest BCUT2D eigenvalue weighted by molar-refractivity contribution is 6.19. The molecule has 0 aliphatic heterocycles. The van der Waals surface area contributed by atoms with Crippen molar-refractivity contribution in [2.45, 2.75) is 0 Å². The van der Waals surface area contributed by atoms with E-state index in [9.17, 15) is 9.70 Å². The second-order valence-corrected chi connectivity index (χ2v) is 1.59. The van der Waals surface area contributed by atoms with E-state index in [4.69, 9.17) is 21.8 Å². The smallest absolute Gasteiger partial charge is 0.361 e. The Bertz CT molecular complexity index is 191. The number of nitrogens with zero attached hydrogens (tertiary/aromatic N) is 1. The summed E-state index contributed by atoms with van der Waals surface area (Å²) < 4.78 is 0. The number of hydrogen-bond donors (Lipinski definition) is 2. The Morgan fingerprint density at radius 1 is 1.45 bits per heavy atom. The predicted octanol–water partition coefficient (Wildman–Crippen LogP) is 1.27. The van der Waals surface area contributed by atoms with Gasteiger partial charge in [-0.05, 0) is 5.18 Å². The molecule has 0 saturated carbocycles. The molecule has 0 atom stereocenters. The Kier molecular flexibility index (Phi) is 6.92. The molecule has 0 amide bonds. The van der Waals surface area contributed by atoms with Crippen molar-refractivity contribution in [2.24, 2.45) is 5.18 Å². The summed E-state index contributed by atoms with van der Waals surface area (Å²) in [6, 6.07) is 0. The number of rotatable bonds is 3. The average Bonchev–Trinajstić information content (AvgIpc) is 1.88. The molecule has 0 rings (SSSR count). The molecule has 2 N–H and O–H groups in total. The van der Waals surface area contributed by atoms with Gasteiger partial charge in [-0.3, -0.25) is 0 Å². The van der Waals surface area contributed by atoms with Crippen LogP contribution in [0.4, 0.5) is 0 Å². The third-order valence-corrected chi connectivity index (χ3v) is 0.947. The molecule has 0 saturated heterocycles. The molecule has 0 aliphatic carbocycles. The third-order valence-electron chi connectivity index (χ3n) is 0.694. The molecule has 0 radical (unpaired) electrons. The van der Waals surface area contributed by atoms with E-state index in [1.807, 2.05) is 0 Å². The summed E-state index contributed by atoms with van der Waals surface area (Å²) in [6.45, 7) is 0. The lowest BCUT2D eigenvalue weighted by atomic mass is 10.4. The minimum atomic E-state index is -1.59. The SMILES string of the molecule is Cl.O=NC(C(=O)O)=C(O)CCl. The molecule has 0 heterocycles. The van der Waals surface area contributed by atoms with Gasteiger partial charge < -0.3 is 10.2 Å². The predicted molar refractivity (Wildman–Crippen MR) is 41.1 cm³/mol. The number of halogens is 2. The normalized spacial score (nSPS) is 11.0. The Morgan fingerprint density at radius 2 is 1.91 bits per heavy atom. The number of carboxylic acid groups (broad SMARTS) is 1. The van der Waals surface area contributed by atoms with Crippen molar-refractivity contribution in [1.29, 1.82) is 0 Å². The number of nitroso groups, excluding NO2 is 1. The number of carbonyl (C=O) groups is 1. The summed E-state index contributed by atoms with van der Waals surface area (Å²) in [4.78, 5) is 19.6. The van der Waals surface area contributed by atoms with Gasteiger partial charge >= 0.3 is 5.97 Å². The summed E-state index contributed by atoms with van der Waals surface area (Å²) in [5.74, 6) is -2.76. The number of hydrogen-bond acceptors (Lipinski definition) is 4. The van der Waals surface area contributed by atoms with Crippen LogP contribution >= 0.6 is 24.0 Å². The highest BCUT2D eigenvalue weighted by Crippen LogP contribution is 2.04. The lowest BCUT2D eigenvalue weighted by molar-refractivity contribution is -0.132. The van der Waals surface area contributed by atoms with Crippen molar-refractivity contribution in [3.05, 3.63) is 16.4 Å². The summed E-state index contributed by atoms with van der Waals surface area (Å²) >= 11 is 5.00. The molecule has 0 bridgehead atoms. The molecule has 7 heteroatoms. The molecule has 0 unspecified atom stereocenters. The van der Waals surface area contributed by atoms with Crippen LogP contribution in [0.3, 0.4) is 0 Å². The minimum absolute atomic E-state index is 0. The largest absolute Gasteiger partial charge is 0.508 e. The molecule has 0 aromatic rings. The lowest BCUT2D eigenvalue weighted by Gasteiger charge is -1.92. The molecule has 5 nitrogen and oxygen atoms in total. The fraction of sp³-hybridized carbons (Fsp3) is 0.250. The standard InChI is InChI=1S/C4H4ClNO4.ClH/c5-1-2(7)3(6-10)4(8)9;/h7H,1H2,(H,8,9);1H.